The van der Waals surface area contributed by atoms with E-state index in [1.165, 1.54) is 0 Å². The fourth-order valence-corrected chi connectivity index (χ4v) is 3.48. The highest BCUT2D eigenvalue weighted by Crippen LogP contribution is 2.59. The van der Waals surface area contributed by atoms with Gasteiger partial charge in [0.25, 0.3) is 0 Å². The Balaban J connectivity index is 2.05. The highest BCUT2D eigenvalue weighted by Gasteiger charge is 2.53. The van der Waals surface area contributed by atoms with Gasteiger partial charge >= 0.3 is 0 Å². The van der Waals surface area contributed by atoms with Gasteiger partial charge in [0.05, 0.1) is 11.0 Å². The van der Waals surface area contributed by atoms with E-state index in [1.54, 1.807) is 6.92 Å². The molecule has 0 radical (unpaired) electrons. The van der Waals surface area contributed by atoms with Crippen LogP contribution in [0.1, 0.15) is 45.4 Å². The number of carbonyl (C=O) groups excluding carboxylic acids is 1. The maximum atomic E-state index is 11.5. The van der Waals surface area contributed by atoms with Crippen LogP contribution in [0, 0.1) is 10.8 Å². The first-order chi connectivity index (χ1) is 9.36. The number of aromatic amines is 1. The van der Waals surface area contributed by atoms with E-state index in [0.29, 0.717) is 6.42 Å². The van der Waals surface area contributed by atoms with E-state index in [4.69, 9.17) is 0 Å². The van der Waals surface area contributed by atoms with Gasteiger partial charge in [-0.15, -0.1) is 0 Å². The van der Waals surface area contributed by atoms with E-state index in [9.17, 15) is 9.90 Å². The number of carboxylic acid groups (broad SMARTS) is 1. The highest BCUT2D eigenvalue weighted by atomic mass is 16.4. The number of nitrogens with one attached hydrogen (secondary N) is 1. The summed E-state index contributed by atoms with van der Waals surface area (Å²) < 4.78 is 0. The number of H-pyrrole nitrogens is 1. The molecule has 4 heteroatoms. The van der Waals surface area contributed by atoms with Crippen molar-refractivity contribution in [2.45, 2.75) is 39.5 Å². The van der Waals surface area contributed by atoms with Gasteiger partial charge in [0.15, 0.2) is 0 Å². The summed E-state index contributed by atoms with van der Waals surface area (Å²) in [7, 11) is 0. The molecule has 0 unspecified atom stereocenters. The highest BCUT2D eigenvalue weighted by molar-refractivity contribution is 5.76. The first-order valence-corrected chi connectivity index (χ1v) is 7.02. The Hall–Kier alpha value is -1.84. The van der Waals surface area contributed by atoms with E-state index in [0.717, 1.165) is 23.3 Å². The summed E-state index contributed by atoms with van der Waals surface area (Å²) in [6, 6.07) is 7.88. The molecule has 4 nitrogen and oxygen atoms in total. The molecule has 1 aliphatic carbocycles. The number of carboxylic acids is 1. The van der Waals surface area contributed by atoms with Crippen molar-refractivity contribution in [2.24, 2.45) is 10.8 Å². The topological polar surface area (TPSA) is 68.8 Å². The summed E-state index contributed by atoms with van der Waals surface area (Å²) in [5, 5.41) is 11.5. The molecule has 1 aromatic carbocycles. The minimum Gasteiger partial charge on any atom is -0.550 e. The zero-order chi connectivity index (χ0) is 14.5. The summed E-state index contributed by atoms with van der Waals surface area (Å²) in [6.45, 7) is 5.81. The normalized spacial score (nSPS) is 28.9. The molecule has 3 rings (SSSR count). The van der Waals surface area contributed by atoms with Crippen molar-refractivity contribution in [1.29, 1.82) is 0 Å². The number of hydrogen-bond donors (Lipinski definition) is 1. The molecular weight excluding hydrogens is 252 g/mol. The van der Waals surface area contributed by atoms with Crippen molar-refractivity contribution in [3.8, 4) is 0 Å². The molecule has 106 valence electrons. The zero-order valence-electron chi connectivity index (χ0n) is 12.1. The molecule has 1 heterocycles. The molecular formula is C16H19N2O2-. The van der Waals surface area contributed by atoms with Gasteiger partial charge in [-0.05, 0) is 30.4 Å². The molecule has 0 saturated heterocycles. The monoisotopic (exact) mass is 271 g/mol. The molecule has 1 aliphatic rings. The summed E-state index contributed by atoms with van der Waals surface area (Å²) in [4.78, 5) is 19.5. The van der Waals surface area contributed by atoms with E-state index < -0.39 is 11.4 Å². The number of aromatic nitrogens is 2. The van der Waals surface area contributed by atoms with Crippen LogP contribution in [0.5, 0.6) is 0 Å². The maximum Gasteiger partial charge on any atom is 0.110 e. The standard InChI is InChI=1S/C16H20N2O2/c1-15(2)10(8-9-16(15,3)14(19)20)13-17-11-6-4-5-7-12(11)18-13/h4-7,10H,8-9H2,1-3H3,(H,17,18)(H,19,20)/p-1/t10-,16+/m1/s1. The molecule has 0 spiro atoms. The number of rotatable bonds is 2. The lowest BCUT2D eigenvalue weighted by molar-refractivity contribution is -0.322. The van der Waals surface area contributed by atoms with Crippen LogP contribution in [-0.2, 0) is 4.79 Å². The van der Waals surface area contributed by atoms with Crippen LogP contribution in [0.15, 0.2) is 24.3 Å². The van der Waals surface area contributed by atoms with Crippen LogP contribution >= 0.6 is 0 Å². The molecule has 1 N–H and O–H groups in total. The molecule has 2 atom stereocenters. The van der Waals surface area contributed by atoms with Gasteiger partial charge in [0.1, 0.15) is 5.82 Å². The molecule has 1 saturated carbocycles. The van der Waals surface area contributed by atoms with Gasteiger partial charge in [-0.3, -0.25) is 0 Å². The first-order valence-electron chi connectivity index (χ1n) is 7.02. The number of aliphatic carboxylic acids is 1. The van der Waals surface area contributed by atoms with Crippen molar-refractivity contribution in [3.05, 3.63) is 30.1 Å². The molecule has 2 aromatic rings. The van der Waals surface area contributed by atoms with Crippen LogP contribution in [0.3, 0.4) is 0 Å². The third-order valence-corrected chi connectivity index (χ3v) is 5.41. The van der Waals surface area contributed by atoms with Gasteiger partial charge in [-0.25, -0.2) is 4.98 Å². The number of nitrogens with zero attached hydrogens (tertiary/aromatic N) is 1. The quantitative estimate of drug-likeness (QED) is 0.910. The zero-order valence-corrected chi connectivity index (χ0v) is 12.1. The van der Waals surface area contributed by atoms with Gasteiger partial charge in [0, 0.05) is 17.3 Å². The minimum absolute atomic E-state index is 0.109. The molecule has 1 aromatic heterocycles. The van der Waals surface area contributed by atoms with Crippen molar-refractivity contribution in [2.75, 3.05) is 0 Å². The van der Waals surface area contributed by atoms with Crippen molar-refractivity contribution < 1.29 is 9.90 Å². The second-order valence-electron chi connectivity index (χ2n) is 6.57. The lowest BCUT2D eigenvalue weighted by Gasteiger charge is -2.42. The predicted molar refractivity (Wildman–Crippen MR) is 75.0 cm³/mol. The Labute approximate surface area is 118 Å². The van der Waals surface area contributed by atoms with E-state index in [2.05, 4.69) is 9.97 Å². The van der Waals surface area contributed by atoms with E-state index >= 15 is 0 Å². The number of para-hydroxylation sites is 2. The van der Waals surface area contributed by atoms with Crippen LogP contribution in [-0.4, -0.2) is 15.9 Å². The molecule has 1 fully saturated rings. The summed E-state index contributed by atoms with van der Waals surface area (Å²) in [5.41, 5.74) is 0.733. The van der Waals surface area contributed by atoms with Gasteiger partial charge < -0.3 is 14.9 Å². The fourth-order valence-electron chi connectivity index (χ4n) is 3.48. The number of carbonyl (C=O) groups is 1. The lowest BCUT2D eigenvalue weighted by Crippen LogP contribution is -2.47. The van der Waals surface area contributed by atoms with Gasteiger partial charge in [0.2, 0.25) is 0 Å². The number of fused-ring (bicyclic) bond motifs is 1. The Kier molecular flexibility index (Phi) is 2.68. The second kappa shape index (κ2) is 4.08. The second-order valence-corrected chi connectivity index (χ2v) is 6.57. The van der Waals surface area contributed by atoms with Crippen molar-refractivity contribution in [1.82, 2.24) is 9.97 Å². The average Bonchev–Trinajstić information content (AvgIpc) is 2.90. The van der Waals surface area contributed by atoms with Crippen molar-refractivity contribution in [3.63, 3.8) is 0 Å². The number of imidazole rings is 1. The molecule has 20 heavy (non-hydrogen) atoms. The number of benzene rings is 1. The van der Waals surface area contributed by atoms with Crippen LogP contribution in [0.25, 0.3) is 11.0 Å². The van der Waals surface area contributed by atoms with Gasteiger partial charge in [-0.1, -0.05) is 32.9 Å². The van der Waals surface area contributed by atoms with Crippen LogP contribution in [0.2, 0.25) is 0 Å². The molecule has 0 aliphatic heterocycles. The number of hydrogen-bond acceptors (Lipinski definition) is 3. The van der Waals surface area contributed by atoms with Crippen LogP contribution in [0.4, 0.5) is 0 Å². The Bertz CT molecular complexity index is 641. The third kappa shape index (κ3) is 1.60. The minimum atomic E-state index is -0.957. The summed E-state index contributed by atoms with van der Waals surface area (Å²) in [5.74, 6) is 0.0417. The van der Waals surface area contributed by atoms with Crippen LogP contribution < -0.4 is 5.11 Å². The maximum absolute atomic E-state index is 11.5. The average molecular weight is 271 g/mol. The molecule has 0 amide bonds. The predicted octanol–water partition coefficient (Wildman–Crippen LogP) is 2.22. The molecule has 0 bridgehead atoms. The largest absolute Gasteiger partial charge is 0.550 e. The lowest BCUT2D eigenvalue weighted by atomic mass is 9.65. The fraction of sp³-hybridized carbons (Fsp3) is 0.500. The smallest absolute Gasteiger partial charge is 0.110 e. The Morgan fingerprint density at radius 2 is 2.05 bits per heavy atom. The van der Waals surface area contributed by atoms with Gasteiger partial charge in [-0.2, -0.15) is 0 Å². The Morgan fingerprint density at radius 1 is 1.35 bits per heavy atom. The van der Waals surface area contributed by atoms with Crippen molar-refractivity contribution >= 4 is 17.0 Å². The third-order valence-electron chi connectivity index (χ3n) is 5.41. The van der Waals surface area contributed by atoms with E-state index in [-0.39, 0.29) is 11.3 Å². The Morgan fingerprint density at radius 3 is 2.65 bits per heavy atom. The summed E-state index contributed by atoms with van der Waals surface area (Å²) >= 11 is 0. The summed E-state index contributed by atoms with van der Waals surface area (Å²) in [6.07, 6.45) is 1.45. The van der Waals surface area contributed by atoms with E-state index in [1.807, 2.05) is 38.1 Å². The SMILES string of the molecule is CC1(C)[C@@H](c2nc3ccccc3[nH]2)CC[C@@]1(C)C(=O)[O-]. The first kappa shape index (κ1) is 13.2.